The molecule has 4 atom stereocenters. The van der Waals surface area contributed by atoms with Gasteiger partial charge in [0.15, 0.2) is 0 Å². The summed E-state index contributed by atoms with van der Waals surface area (Å²) in [5.41, 5.74) is 3.23. The quantitative estimate of drug-likeness (QED) is 0.190. The first-order valence-corrected chi connectivity index (χ1v) is 18.7. The predicted molar refractivity (Wildman–Crippen MR) is 195 cm³/mol. The number of esters is 1. The van der Waals surface area contributed by atoms with Crippen LogP contribution in [0.4, 0.5) is 21.2 Å². The fourth-order valence-corrected chi connectivity index (χ4v) is 10.1. The van der Waals surface area contributed by atoms with E-state index >= 15 is 0 Å². The summed E-state index contributed by atoms with van der Waals surface area (Å²) in [4.78, 5) is 45.4. The molecule has 4 unspecified atom stereocenters. The van der Waals surface area contributed by atoms with Gasteiger partial charge in [-0.25, -0.2) is 9.59 Å². The minimum Gasteiger partial charge on any atom is -0.465 e. The Morgan fingerprint density at radius 1 is 1.06 bits per heavy atom. The highest BCUT2D eigenvalue weighted by atomic mass is 32.2. The average molecular weight is 688 g/mol. The third kappa shape index (κ3) is 7.05. The van der Waals surface area contributed by atoms with Crippen molar-refractivity contribution in [1.82, 2.24) is 0 Å². The van der Waals surface area contributed by atoms with Crippen LogP contribution in [0.25, 0.3) is 0 Å². The summed E-state index contributed by atoms with van der Waals surface area (Å²) in [6.07, 6.45) is 11.5. The van der Waals surface area contributed by atoms with Gasteiger partial charge in [-0.2, -0.15) is 0 Å². The number of thiophene rings is 1. The highest BCUT2D eigenvalue weighted by Gasteiger charge is 2.37. The van der Waals surface area contributed by atoms with E-state index in [0.29, 0.717) is 28.6 Å². The number of thioether (sulfide) groups is 2. The van der Waals surface area contributed by atoms with E-state index in [1.807, 2.05) is 66.4 Å². The molecule has 0 spiro atoms. The van der Waals surface area contributed by atoms with Gasteiger partial charge in [0.05, 0.1) is 34.9 Å². The van der Waals surface area contributed by atoms with Crippen LogP contribution < -0.4 is 15.5 Å². The van der Waals surface area contributed by atoms with Crippen molar-refractivity contribution in [3.05, 3.63) is 88.8 Å². The topological polar surface area (TPSA) is 87.7 Å². The molecule has 2 N–H and O–H groups in total. The fraction of sp³-hybridized carbons (Fsp3) is 0.378. The van der Waals surface area contributed by atoms with Gasteiger partial charge in [0.1, 0.15) is 5.00 Å². The molecule has 47 heavy (non-hydrogen) atoms. The molecule has 0 saturated heterocycles. The van der Waals surface area contributed by atoms with E-state index in [0.717, 1.165) is 45.2 Å². The molecule has 1 aliphatic heterocycles. The third-order valence-corrected chi connectivity index (χ3v) is 12.9. The van der Waals surface area contributed by atoms with Gasteiger partial charge in [0, 0.05) is 20.4 Å². The second kappa shape index (κ2) is 13.9. The Bertz CT molecular complexity index is 1740. The first-order chi connectivity index (χ1) is 22.6. The Morgan fingerprint density at radius 2 is 1.85 bits per heavy atom. The van der Waals surface area contributed by atoms with Gasteiger partial charge < -0.3 is 15.4 Å². The number of anilines is 3. The Labute approximate surface area is 289 Å². The van der Waals surface area contributed by atoms with Gasteiger partial charge >= 0.3 is 12.0 Å². The molecule has 3 aromatic rings. The summed E-state index contributed by atoms with van der Waals surface area (Å²) in [5.74, 6) is -0.0545. The monoisotopic (exact) mass is 687 g/mol. The maximum Gasteiger partial charge on any atom is 0.341 e. The zero-order valence-electron chi connectivity index (χ0n) is 27.4. The van der Waals surface area contributed by atoms with Crippen LogP contribution in [0.15, 0.2) is 82.6 Å². The minimum absolute atomic E-state index is 0.0947. The van der Waals surface area contributed by atoms with Gasteiger partial charge in [0.2, 0.25) is 5.91 Å². The maximum atomic E-state index is 13.8. The second-order valence-electron chi connectivity index (χ2n) is 13.1. The van der Waals surface area contributed by atoms with Crippen LogP contribution in [0.1, 0.15) is 61.3 Å². The molecule has 3 amide bonds. The van der Waals surface area contributed by atoms with E-state index in [-0.39, 0.29) is 28.6 Å². The first-order valence-electron chi connectivity index (χ1n) is 16.1. The van der Waals surface area contributed by atoms with Crippen molar-refractivity contribution in [3.63, 3.8) is 0 Å². The molecular weight excluding hydrogens is 647 g/mol. The molecule has 0 radical (unpaired) electrons. The van der Waals surface area contributed by atoms with Crippen molar-refractivity contribution in [2.24, 2.45) is 11.3 Å². The van der Waals surface area contributed by atoms with Crippen molar-refractivity contribution in [1.29, 1.82) is 0 Å². The number of nitrogens with one attached hydrogen (secondary N) is 2. The number of amides is 3. The molecule has 3 aliphatic rings. The molecule has 10 heteroatoms. The fourth-order valence-electron chi connectivity index (χ4n) is 6.47. The number of methoxy groups -OCH3 is 1. The molecule has 2 aliphatic carbocycles. The number of rotatable bonds is 7. The van der Waals surface area contributed by atoms with Crippen LogP contribution >= 0.6 is 34.9 Å². The lowest BCUT2D eigenvalue weighted by Crippen LogP contribution is -2.49. The Kier molecular flexibility index (Phi) is 9.92. The molecule has 2 aromatic carbocycles. The van der Waals surface area contributed by atoms with Gasteiger partial charge in [0.25, 0.3) is 0 Å². The molecule has 7 nitrogen and oxygen atoms in total. The van der Waals surface area contributed by atoms with E-state index in [1.54, 1.807) is 11.8 Å². The average Bonchev–Trinajstić information content (AvgIpc) is 3.42. The standard InChI is InChI=1S/C37H41N3O4S3/c1-6-28(33(41)39-34-32(35(42)44-5)25-19-18-22(37(2,3)4)20-31(25)47-34)45-24-13-11-12-23(21-24)38-36(43)40-26-14-7-9-16-29(26)46-30-17-10-8-15-27(30)40/h7-17,21-22,26,28-29H,6,18-20H2,1-5H3,(H,38,43)(H,39,41). The summed E-state index contributed by atoms with van der Waals surface area (Å²) in [5, 5.41) is 6.52. The second-order valence-corrected chi connectivity index (χ2v) is 16.7. The molecule has 246 valence electrons. The van der Waals surface area contributed by atoms with E-state index < -0.39 is 11.2 Å². The molecule has 2 heterocycles. The molecule has 0 bridgehead atoms. The van der Waals surface area contributed by atoms with Crippen molar-refractivity contribution >= 4 is 69.1 Å². The number of nitrogens with zero attached hydrogens (tertiary/aromatic N) is 1. The van der Waals surface area contributed by atoms with Gasteiger partial charge in [-0.3, -0.25) is 9.69 Å². The van der Waals surface area contributed by atoms with Crippen LogP contribution in [0, 0.1) is 11.3 Å². The SMILES string of the molecule is CCC(Sc1cccc(NC(=O)N2c3ccccc3SC3C=CC=CC32)c1)C(=O)Nc1sc2c(c1C(=O)OC)CCC(C(C)(C)C)C2. The number of benzene rings is 2. The van der Waals surface area contributed by atoms with E-state index in [9.17, 15) is 14.4 Å². The van der Waals surface area contributed by atoms with Crippen LogP contribution in [0.5, 0.6) is 0 Å². The molecular formula is C37H41N3O4S3. The summed E-state index contributed by atoms with van der Waals surface area (Å²) < 4.78 is 5.16. The zero-order valence-corrected chi connectivity index (χ0v) is 29.8. The summed E-state index contributed by atoms with van der Waals surface area (Å²) in [6.45, 7) is 8.76. The lowest BCUT2D eigenvalue weighted by molar-refractivity contribution is -0.115. The summed E-state index contributed by atoms with van der Waals surface area (Å²) >= 11 is 4.72. The predicted octanol–water partition coefficient (Wildman–Crippen LogP) is 9.20. The van der Waals surface area contributed by atoms with Crippen molar-refractivity contribution in [2.45, 2.75) is 79.7 Å². The number of hydrogen-bond acceptors (Lipinski definition) is 7. The van der Waals surface area contributed by atoms with Gasteiger partial charge in [-0.1, -0.05) is 70.2 Å². The molecule has 0 saturated carbocycles. The number of carbonyl (C=O) groups excluding carboxylic acids is 3. The number of para-hydroxylation sites is 1. The smallest absolute Gasteiger partial charge is 0.341 e. The number of hydrogen-bond donors (Lipinski definition) is 2. The van der Waals surface area contributed by atoms with Crippen LogP contribution in [0.3, 0.4) is 0 Å². The highest BCUT2D eigenvalue weighted by Crippen LogP contribution is 2.46. The van der Waals surface area contributed by atoms with Gasteiger partial charge in [-0.15, -0.1) is 34.9 Å². The number of urea groups is 1. The lowest BCUT2D eigenvalue weighted by Gasteiger charge is -2.40. The minimum atomic E-state index is -0.405. The Hall–Kier alpha value is -3.47. The Morgan fingerprint density at radius 3 is 2.62 bits per heavy atom. The number of allylic oxidation sites excluding steroid dienone is 2. The molecule has 1 aromatic heterocycles. The van der Waals surface area contributed by atoms with E-state index in [4.69, 9.17) is 4.74 Å². The van der Waals surface area contributed by atoms with Crippen molar-refractivity contribution in [3.8, 4) is 0 Å². The van der Waals surface area contributed by atoms with Crippen molar-refractivity contribution in [2.75, 3.05) is 22.6 Å². The highest BCUT2D eigenvalue weighted by molar-refractivity contribution is 8.00. The van der Waals surface area contributed by atoms with Crippen molar-refractivity contribution < 1.29 is 19.1 Å². The molecule has 0 fully saturated rings. The lowest BCUT2D eigenvalue weighted by atomic mass is 9.72. The Balaban J connectivity index is 1.17. The first kappa shape index (κ1) is 33.4. The summed E-state index contributed by atoms with van der Waals surface area (Å²) in [7, 11) is 1.39. The van der Waals surface area contributed by atoms with Crippen LogP contribution in [-0.4, -0.2) is 41.6 Å². The zero-order chi connectivity index (χ0) is 33.3. The number of carbonyl (C=O) groups is 3. The number of fused-ring (bicyclic) bond motifs is 3. The number of ether oxygens (including phenoxy) is 1. The van der Waals surface area contributed by atoms with E-state index in [1.165, 1.54) is 30.2 Å². The van der Waals surface area contributed by atoms with Crippen LogP contribution in [-0.2, 0) is 22.4 Å². The normalized spacial score (nSPS) is 20.4. The molecule has 6 rings (SSSR count). The van der Waals surface area contributed by atoms with E-state index in [2.05, 4.69) is 49.6 Å². The maximum absolute atomic E-state index is 13.8. The summed E-state index contributed by atoms with van der Waals surface area (Å²) in [6, 6.07) is 15.3. The largest absolute Gasteiger partial charge is 0.465 e. The van der Waals surface area contributed by atoms with Gasteiger partial charge in [-0.05, 0) is 72.9 Å². The van der Waals surface area contributed by atoms with Crippen LogP contribution in [0.2, 0.25) is 0 Å². The third-order valence-electron chi connectivity index (χ3n) is 9.10.